The van der Waals surface area contributed by atoms with Crippen molar-refractivity contribution < 1.29 is 19.0 Å². The first-order chi connectivity index (χ1) is 18.8. The van der Waals surface area contributed by atoms with Crippen LogP contribution in [0.15, 0.2) is 78.2 Å². The number of benzene rings is 3. The molecule has 3 aromatic carbocycles. The number of thiophene rings is 1. The van der Waals surface area contributed by atoms with E-state index in [1.165, 1.54) is 16.9 Å². The van der Waals surface area contributed by atoms with Crippen LogP contribution in [0, 0.1) is 0 Å². The molecule has 7 heteroatoms. The van der Waals surface area contributed by atoms with Crippen molar-refractivity contribution in [1.29, 1.82) is 0 Å². The largest absolute Gasteiger partial charge is 0.496 e. The third-order valence-electron chi connectivity index (χ3n) is 6.70. The number of rotatable bonds is 8. The topological polar surface area (TPSA) is 68.8 Å². The van der Waals surface area contributed by atoms with E-state index in [4.69, 9.17) is 14.2 Å². The van der Waals surface area contributed by atoms with Crippen LogP contribution in [0.5, 0.6) is 17.2 Å². The molecule has 0 radical (unpaired) electrons. The lowest BCUT2D eigenvalue weighted by molar-refractivity contribution is 0.0739. The summed E-state index contributed by atoms with van der Waals surface area (Å²) in [6, 6.07) is 21.2. The summed E-state index contributed by atoms with van der Waals surface area (Å²) in [5.74, 6) is 1.45. The van der Waals surface area contributed by atoms with Crippen molar-refractivity contribution in [3.63, 3.8) is 0 Å². The lowest BCUT2D eigenvalue weighted by Crippen LogP contribution is -2.32. The molecule has 6 nitrogen and oxygen atoms in total. The van der Waals surface area contributed by atoms with E-state index in [0.29, 0.717) is 22.9 Å². The van der Waals surface area contributed by atoms with E-state index in [9.17, 15) is 4.79 Å². The number of anilines is 2. The third-order valence-corrected chi connectivity index (χ3v) is 7.55. The first kappa shape index (κ1) is 26.4. The molecule has 0 saturated carbocycles. The van der Waals surface area contributed by atoms with E-state index in [2.05, 4.69) is 49.6 Å². The molecule has 200 valence electrons. The average Bonchev–Trinajstić information content (AvgIpc) is 3.46. The zero-order chi connectivity index (χ0) is 27.6. The van der Waals surface area contributed by atoms with E-state index in [1.807, 2.05) is 47.8 Å². The van der Waals surface area contributed by atoms with Gasteiger partial charge in [-0.3, -0.25) is 0 Å². The molecule has 0 fully saturated rings. The van der Waals surface area contributed by atoms with Gasteiger partial charge in [-0.1, -0.05) is 30.3 Å². The number of allylic oxidation sites excluding steroid dienone is 1. The summed E-state index contributed by atoms with van der Waals surface area (Å²) in [7, 11) is 3.30. The van der Waals surface area contributed by atoms with Crippen molar-refractivity contribution in [2.75, 3.05) is 24.9 Å². The van der Waals surface area contributed by atoms with Gasteiger partial charge in [-0.2, -0.15) is 0 Å². The Labute approximate surface area is 233 Å². The zero-order valence-electron chi connectivity index (χ0n) is 22.8. The maximum Gasteiger partial charge on any atom is 0.353 e. The lowest BCUT2D eigenvalue weighted by atomic mass is 9.85. The molecule has 0 aliphatic carbocycles. The second kappa shape index (κ2) is 10.9. The molecule has 0 amide bonds. The first-order valence-corrected chi connectivity index (χ1v) is 13.6. The Bertz CT molecular complexity index is 1540. The van der Waals surface area contributed by atoms with Gasteiger partial charge in [0, 0.05) is 29.4 Å². The molecule has 4 aromatic rings. The molecule has 2 N–H and O–H groups in total. The smallest absolute Gasteiger partial charge is 0.353 e. The average molecular weight is 541 g/mol. The highest BCUT2D eigenvalue weighted by Gasteiger charge is 2.27. The third kappa shape index (κ3) is 5.49. The minimum absolute atomic E-state index is 0.155. The van der Waals surface area contributed by atoms with E-state index in [1.54, 1.807) is 26.4 Å². The van der Waals surface area contributed by atoms with E-state index >= 15 is 0 Å². The van der Waals surface area contributed by atoms with Gasteiger partial charge >= 0.3 is 5.97 Å². The second-order valence-electron chi connectivity index (χ2n) is 9.97. The summed E-state index contributed by atoms with van der Waals surface area (Å²) in [6.07, 6.45) is 2.26. The predicted octanol–water partition coefficient (Wildman–Crippen LogP) is 7.87. The van der Waals surface area contributed by atoms with Crippen molar-refractivity contribution in [3.05, 3.63) is 94.2 Å². The van der Waals surface area contributed by atoms with E-state index < -0.39 is 0 Å². The maximum absolute atomic E-state index is 12.5. The van der Waals surface area contributed by atoms with Crippen LogP contribution < -0.4 is 24.8 Å². The predicted molar refractivity (Wildman–Crippen MR) is 159 cm³/mol. The number of para-hydroxylation sites is 2. The number of carbonyl (C=O) groups excluding carboxylic acids is 1. The van der Waals surface area contributed by atoms with Gasteiger partial charge in [-0.25, -0.2) is 4.79 Å². The SMILES string of the molecule is COc1ccccc1NCc1c(-c2ccc(OC(=O)c3cccs3)cc2OC)ccc2c1C(C)=CC(C)(C)N2. The maximum atomic E-state index is 12.5. The van der Waals surface area contributed by atoms with Crippen LogP contribution in [0.2, 0.25) is 0 Å². The number of hydrogen-bond acceptors (Lipinski definition) is 7. The number of ether oxygens (including phenoxy) is 3. The Balaban J connectivity index is 1.57. The number of fused-ring (bicyclic) bond motifs is 1. The van der Waals surface area contributed by atoms with Crippen LogP contribution >= 0.6 is 11.3 Å². The number of esters is 1. The Hall–Kier alpha value is -4.23. The van der Waals surface area contributed by atoms with Crippen molar-refractivity contribution in [2.45, 2.75) is 32.9 Å². The molecule has 1 aromatic heterocycles. The highest BCUT2D eigenvalue weighted by atomic mass is 32.1. The fourth-order valence-corrected chi connectivity index (χ4v) is 5.72. The Kier molecular flexibility index (Phi) is 7.35. The van der Waals surface area contributed by atoms with Gasteiger partial charge in [0.1, 0.15) is 22.1 Å². The minimum Gasteiger partial charge on any atom is -0.496 e. The van der Waals surface area contributed by atoms with E-state index in [0.717, 1.165) is 39.4 Å². The molecule has 2 heterocycles. The van der Waals surface area contributed by atoms with Crippen LogP contribution in [0.4, 0.5) is 11.4 Å². The highest BCUT2D eigenvalue weighted by Crippen LogP contribution is 2.43. The molecule has 1 aliphatic heterocycles. The zero-order valence-corrected chi connectivity index (χ0v) is 23.6. The normalized spacial score (nSPS) is 13.5. The molecule has 39 heavy (non-hydrogen) atoms. The van der Waals surface area contributed by atoms with Gasteiger partial charge in [-0.05, 0) is 79.2 Å². The molecule has 0 saturated heterocycles. The summed E-state index contributed by atoms with van der Waals surface area (Å²) in [4.78, 5) is 13.1. The first-order valence-electron chi connectivity index (χ1n) is 12.7. The number of hydrogen-bond donors (Lipinski definition) is 2. The molecule has 1 aliphatic rings. The highest BCUT2D eigenvalue weighted by molar-refractivity contribution is 7.12. The van der Waals surface area contributed by atoms with Gasteiger partial charge in [0.2, 0.25) is 0 Å². The second-order valence-corrected chi connectivity index (χ2v) is 10.9. The summed E-state index contributed by atoms with van der Waals surface area (Å²) in [6.45, 7) is 7.05. The molecular weight excluding hydrogens is 508 g/mol. The Morgan fingerprint density at radius 1 is 0.949 bits per heavy atom. The minimum atomic E-state index is -0.385. The molecular formula is C32H32N2O4S. The van der Waals surface area contributed by atoms with Crippen molar-refractivity contribution in [3.8, 4) is 28.4 Å². The van der Waals surface area contributed by atoms with Crippen molar-refractivity contribution >= 4 is 34.3 Å². The molecule has 5 rings (SSSR count). The van der Waals surface area contributed by atoms with Gasteiger partial charge in [-0.15, -0.1) is 11.3 Å². The number of carbonyl (C=O) groups is 1. The van der Waals surface area contributed by atoms with Crippen LogP contribution in [-0.4, -0.2) is 25.7 Å². The van der Waals surface area contributed by atoms with E-state index in [-0.39, 0.29) is 11.5 Å². The molecule has 0 bridgehead atoms. The fraction of sp³-hybridized carbons (Fsp3) is 0.219. The van der Waals surface area contributed by atoms with Gasteiger partial charge in [0.25, 0.3) is 0 Å². The standard InChI is InChI=1S/C32H32N2O4S/c1-20-18-32(2,3)34-26-15-14-22(24(30(20)26)19-33-25-9-6-7-10-27(25)36-4)23-13-12-21(17-28(23)37-5)38-31(35)29-11-8-16-39-29/h6-18,33-34H,19H2,1-5H3. The van der Waals surface area contributed by atoms with Gasteiger partial charge in [0.05, 0.1) is 25.4 Å². The number of nitrogens with one attached hydrogen (secondary N) is 2. The summed E-state index contributed by atoms with van der Waals surface area (Å²) >= 11 is 1.35. The van der Waals surface area contributed by atoms with Crippen LogP contribution in [0.1, 0.15) is 41.6 Å². The van der Waals surface area contributed by atoms with Crippen LogP contribution in [0.3, 0.4) is 0 Å². The Morgan fingerprint density at radius 3 is 2.46 bits per heavy atom. The fourth-order valence-electron chi connectivity index (χ4n) is 5.12. The van der Waals surface area contributed by atoms with Crippen molar-refractivity contribution in [2.24, 2.45) is 0 Å². The molecule has 0 spiro atoms. The van der Waals surface area contributed by atoms with Crippen molar-refractivity contribution in [1.82, 2.24) is 0 Å². The van der Waals surface area contributed by atoms with Gasteiger partial charge < -0.3 is 24.8 Å². The lowest BCUT2D eigenvalue weighted by Gasteiger charge is -2.33. The molecule has 0 atom stereocenters. The quantitative estimate of drug-likeness (QED) is 0.175. The monoisotopic (exact) mass is 540 g/mol. The van der Waals surface area contributed by atoms with Crippen LogP contribution in [0.25, 0.3) is 16.7 Å². The summed E-state index contributed by atoms with van der Waals surface area (Å²) < 4.78 is 17.0. The van der Waals surface area contributed by atoms with Gasteiger partial charge in [0.15, 0.2) is 0 Å². The molecule has 0 unspecified atom stereocenters. The Morgan fingerprint density at radius 2 is 1.72 bits per heavy atom. The van der Waals surface area contributed by atoms with Crippen LogP contribution in [-0.2, 0) is 6.54 Å². The summed E-state index contributed by atoms with van der Waals surface area (Å²) in [5.41, 5.74) is 7.26. The number of methoxy groups -OCH3 is 2. The summed E-state index contributed by atoms with van der Waals surface area (Å²) in [5, 5.41) is 9.10.